The van der Waals surface area contributed by atoms with Crippen LogP contribution in [0.15, 0.2) is 42.5 Å². The highest BCUT2D eigenvalue weighted by Crippen LogP contribution is 2.22. The lowest BCUT2D eigenvalue weighted by Gasteiger charge is -2.26. The maximum Gasteiger partial charge on any atom is 0.333 e. The van der Waals surface area contributed by atoms with E-state index in [4.69, 9.17) is 4.74 Å². The van der Waals surface area contributed by atoms with Crippen LogP contribution in [0.3, 0.4) is 0 Å². The fourth-order valence-electron chi connectivity index (χ4n) is 2.17. The summed E-state index contributed by atoms with van der Waals surface area (Å²) in [5, 5.41) is 12.0. The van der Waals surface area contributed by atoms with Gasteiger partial charge in [-0.15, -0.1) is 0 Å². The van der Waals surface area contributed by atoms with Crippen LogP contribution in [0.4, 0.5) is 4.39 Å². The Morgan fingerprint density at radius 1 is 1.20 bits per heavy atom. The fraction of sp³-hybridized carbons (Fsp3) is 0.278. The number of rotatable bonds is 6. The minimum absolute atomic E-state index is 0.0211. The Labute approximate surface area is 144 Å². The summed E-state index contributed by atoms with van der Waals surface area (Å²) < 4.78 is 18.5. The monoisotopic (exact) mass is 346 g/mol. The van der Waals surface area contributed by atoms with E-state index in [2.05, 4.69) is 10.3 Å². The van der Waals surface area contributed by atoms with Crippen LogP contribution in [0.1, 0.15) is 36.8 Å². The summed E-state index contributed by atoms with van der Waals surface area (Å²) in [6.45, 7) is 4.98. The van der Waals surface area contributed by atoms with Gasteiger partial charge in [-0.1, -0.05) is 18.2 Å². The van der Waals surface area contributed by atoms with E-state index < -0.39 is 23.2 Å². The van der Waals surface area contributed by atoms with Crippen LogP contribution in [0.25, 0.3) is 0 Å². The molecule has 0 saturated carbocycles. The number of nitrogens with one attached hydrogen (secondary N) is 1. The molecule has 1 atom stereocenters. The number of amides is 1. The number of carbonyl (C=O) groups is 2. The summed E-state index contributed by atoms with van der Waals surface area (Å²) in [5.74, 6) is -2.19. The molecule has 2 aromatic rings. The van der Waals surface area contributed by atoms with E-state index >= 15 is 0 Å². The molecule has 0 fully saturated rings. The zero-order chi connectivity index (χ0) is 18.6. The van der Waals surface area contributed by atoms with Gasteiger partial charge in [0.1, 0.15) is 11.5 Å². The van der Waals surface area contributed by atoms with Gasteiger partial charge < -0.3 is 15.2 Å². The molecule has 2 N–H and O–H groups in total. The van der Waals surface area contributed by atoms with Crippen molar-refractivity contribution in [3.63, 3.8) is 0 Å². The topological polar surface area (TPSA) is 88.5 Å². The predicted octanol–water partition coefficient (Wildman–Crippen LogP) is 2.74. The molecule has 2 rings (SSSR count). The summed E-state index contributed by atoms with van der Waals surface area (Å²) in [6.07, 6.45) is -0.116. The molecule has 25 heavy (non-hydrogen) atoms. The molecule has 0 aliphatic carbocycles. The number of carboxylic acid groups (broad SMARTS) is 1. The van der Waals surface area contributed by atoms with Gasteiger partial charge in [-0.05, 0) is 44.5 Å². The molecule has 0 aliphatic rings. The van der Waals surface area contributed by atoms with E-state index in [-0.39, 0.29) is 23.2 Å². The Kier molecular flexibility index (Phi) is 5.36. The molecule has 1 heterocycles. The number of carbonyl (C=O) groups excluding carboxylic acids is 1. The van der Waals surface area contributed by atoms with Crippen LogP contribution in [-0.2, 0) is 10.3 Å². The molecule has 1 unspecified atom stereocenters. The maximum absolute atomic E-state index is 13.1. The minimum atomic E-state index is -1.73. The van der Waals surface area contributed by atoms with E-state index in [9.17, 15) is 19.1 Å². The van der Waals surface area contributed by atoms with Crippen molar-refractivity contribution in [2.45, 2.75) is 32.4 Å². The first-order valence-electron chi connectivity index (χ1n) is 7.68. The summed E-state index contributed by atoms with van der Waals surface area (Å²) in [6, 6.07) is 9.55. The largest absolute Gasteiger partial charge is 0.479 e. The highest BCUT2D eigenvalue weighted by molar-refractivity contribution is 5.96. The molecule has 1 aromatic carbocycles. The highest BCUT2D eigenvalue weighted by Gasteiger charge is 2.37. The second-order valence-corrected chi connectivity index (χ2v) is 5.92. The third-order valence-corrected chi connectivity index (χ3v) is 3.53. The van der Waals surface area contributed by atoms with Gasteiger partial charge in [-0.2, -0.15) is 0 Å². The van der Waals surface area contributed by atoms with Gasteiger partial charge in [-0.3, -0.25) is 4.79 Å². The second-order valence-electron chi connectivity index (χ2n) is 5.92. The molecule has 7 heteroatoms. The van der Waals surface area contributed by atoms with Gasteiger partial charge in [0.05, 0.1) is 6.10 Å². The lowest BCUT2D eigenvalue weighted by molar-refractivity contribution is -0.144. The first-order chi connectivity index (χ1) is 11.7. The molecule has 0 bridgehead atoms. The molecule has 0 aliphatic heterocycles. The van der Waals surface area contributed by atoms with Gasteiger partial charge in [0.15, 0.2) is 5.54 Å². The lowest BCUT2D eigenvalue weighted by atomic mass is 9.92. The third kappa shape index (κ3) is 4.32. The van der Waals surface area contributed by atoms with Crippen molar-refractivity contribution in [1.29, 1.82) is 0 Å². The van der Waals surface area contributed by atoms with Crippen molar-refractivity contribution in [2.75, 3.05) is 0 Å². The van der Waals surface area contributed by atoms with Crippen molar-refractivity contribution in [1.82, 2.24) is 10.3 Å². The van der Waals surface area contributed by atoms with E-state index in [1.807, 2.05) is 13.8 Å². The Morgan fingerprint density at radius 3 is 2.40 bits per heavy atom. The van der Waals surface area contributed by atoms with Crippen molar-refractivity contribution < 1.29 is 23.8 Å². The fourth-order valence-corrected chi connectivity index (χ4v) is 2.17. The van der Waals surface area contributed by atoms with Crippen molar-refractivity contribution >= 4 is 11.9 Å². The summed E-state index contributed by atoms with van der Waals surface area (Å²) in [7, 11) is 0. The molecule has 1 aromatic heterocycles. The Bertz CT molecular complexity index is 777. The van der Waals surface area contributed by atoms with Crippen molar-refractivity contribution in [2.24, 2.45) is 0 Å². The van der Waals surface area contributed by atoms with E-state index in [0.29, 0.717) is 0 Å². The van der Waals surface area contributed by atoms with E-state index in [0.717, 1.165) is 12.1 Å². The molecule has 132 valence electrons. The molecule has 1 amide bonds. The minimum Gasteiger partial charge on any atom is -0.479 e. The maximum atomic E-state index is 13.1. The smallest absolute Gasteiger partial charge is 0.333 e. The number of nitrogens with zero attached hydrogens (tertiary/aromatic N) is 1. The number of aliphatic carboxylic acids is 1. The average molecular weight is 346 g/mol. The first kappa shape index (κ1) is 18.4. The standard InChI is InChI=1S/C18H19FN2O4/c1-11(2)25-15-6-4-5-14(20-15)16(22)21-18(3,17(23)24)12-7-9-13(19)10-8-12/h4-11H,1-3H3,(H,21,22)(H,23,24). The highest BCUT2D eigenvalue weighted by atomic mass is 19.1. The molecule has 0 saturated heterocycles. The Hall–Kier alpha value is -2.96. The van der Waals surface area contributed by atoms with Crippen molar-refractivity contribution in [3.05, 3.63) is 59.5 Å². The summed E-state index contributed by atoms with van der Waals surface area (Å²) in [4.78, 5) is 28.3. The zero-order valence-corrected chi connectivity index (χ0v) is 14.1. The first-order valence-corrected chi connectivity index (χ1v) is 7.68. The number of halogens is 1. The average Bonchev–Trinajstić information content (AvgIpc) is 2.54. The number of pyridine rings is 1. The van der Waals surface area contributed by atoms with Crippen molar-refractivity contribution in [3.8, 4) is 5.88 Å². The van der Waals surface area contributed by atoms with E-state index in [1.54, 1.807) is 12.1 Å². The number of benzene rings is 1. The zero-order valence-electron chi connectivity index (χ0n) is 14.1. The van der Waals surface area contributed by atoms with Gasteiger partial charge >= 0.3 is 5.97 Å². The summed E-state index contributed by atoms with van der Waals surface area (Å²) in [5.41, 5.74) is -1.47. The SMILES string of the molecule is CC(C)Oc1cccc(C(=O)NC(C)(C(=O)O)c2ccc(F)cc2)n1. The van der Waals surface area contributed by atoms with Gasteiger partial charge in [0.25, 0.3) is 5.91 Å². The number of ether oxygens (including phenoxy) is 1. The number of hydrogen-bond donors (Lipinski definition) is 2. The molecular formula is C18H19FN2O4. The van der Waals surface area contributed by atoms with Crippen LogP contribution < -0.4 is 10.1 Å². The van der Waals surface area contributed by atoms with E-state index in [1.165, 1.54) is 25.1 Å². The summed E-state index contributed by atoms with van der Waals surface area (Å²) >= 11 is 0. The quantitative estimate of drug-likeness (QED) is 0.840. The van der Waals surface area contributed by atoms with Crippen LogP contribution >= 0.6 is 0 Å². The molecule has 6 nitrogen and oxygen atoms in total. The second kappa shape index (κ2) is 7.29. The molecule has 0 radical (unpaired) electrons. The number of hydrogen-bond acceptors (Lipinski definition) is 4. The molecule has 0 spiro atoms. The normalized spacial score (nSPS) is 13.2. The Balaban J connectivity index is 2.29. The number of carboxylic acids is 1. The predicted molar refractivity (Wildman–Crippen MR) is 88.9 cm³/mol. The van der Waals surface area contributed by atoms with Gasteiger partial charge in [-0.25, -0.2) is 14.2 Å². The lowest BCUT2D eigenvalue weighted by Crippen LogP contribution is -2.49. The van der Waals surface area contributed by atoms with Gasteiger partial charge in [0, 0.05) is 6.07 Å². The third-order valence-electron chi connectivity index (χ3n) is 3.53. The molecular weight excluding hydrogens is 327 g/mol. The van der Waals surface area contributed by atoms with Gasteiger partial charge in [0.2, 0.25) is 5.88 Å². The van der Waals surface area contributed by atoms with Crippen LogP contribution in [0.2, 0.25) is 0 Å². The van der Waals surface area contributed by atoms with Crippen LogP contribution in [0.5, 0.6) is 5.88 Å². The van der Waals surface area contributed by atoms with Crippen LogP contribution in [0, 0.1) is 5.82 Å². The number of aromatic nitrogens is 1. The Morgan fingerprint density at radius 2 is 1.84 bits per heavy atom. The van der Waals surface area contributed by atoms with Crippen LogP contribution in [-0.4, -0.2) is 28.1 Å².